The zero-order valence-corrected chi connectivity index (χ0v) is 16.4. The van der Waals surface area contributed by atoms with Crippen LogP contribution in [0, 0.1) is 0 Å². The van der Waals surface area contributed by atoms with E-state index in [9.17, 15) is 4.79 Å². The third-order valence-corrected chi connectivity index (χ3v) is 5.15. The fourth-order valence-corrected chi connectivity index (χ4v) is 3.78. The summed E-state index contributed by atoms with van der Waals surface area (Å²) in [6, 6.07) is 6.52. The summed E-state index contributed by atoms with van der Waals surface area (Å²) in [6.45, 7) is 3.71. The third kappa shape index (κ3) is 3.81. The number of imidazole rings is 1. The average Bonchev–Trinajstić information content (AvgIpc) is 3.06. The highest BCUT2D eigenvalue weighted by Crippen LogP contribution is 2.25. The van der Waals surface area contributed by atoms with Crippen LogP contribution in [0.2, 0.25) is 15.2 Å². The van der Waals surface area contributed by atoms with Crippen LogP contribution >= 0.6 is 34.8 Å². The van der Waals surface area contributed by atoms with Gasteiger partial charge in [-0.3, -0.25) is 9.69 Å². The van der Waals surface area contributed by atoms with Crippen LogP contribution < -0.4 is 0 Å². The molecule has 0 N–H and O–H groups in total. The van der Waals surface area contributed by atoms with Gasteiger partial charge < -0.3 is 4.74 Å². The predicted octanol–water partition coefficient (Wildman–Crippen LogP) is 3.75. The first-order valence-corrected chi connectivity index (χ1v) is 9.49. The molecule has 1 aliphatic rings. The fraction of sp³-hybridized carbons (Fsp3) is 0.278. The lowest BCUT2D eigenvalue weighted by molar-refractivity contribution is 0.0343. The number of ketones is 1. The van der Waals surface area contributed by atoms with Crippen LogP contribution in [0.5, 0.6) is 0 Å². The third-order valence-electron chi connectivity index (χ3n) is 4.42. The number of hydrogen-bond donors (Lipinski definition) is 0. The van der Waals surface area contributed by atoms with Crippen LogP contribution in [0.3, 0.4) is 0 Å². The van der Waals surface area contributed by atoms with Crippen molar-refractivity contribution >= 4 is 46.2 Å². The number of fused-ring (bicyclic) bond motifs is 1. The van der Waals surface area contributed by atoms with Gasteiger partial charge in [-0.2, -0.15) is 5.10 Å². The van der Waals surface area contributed by atoms with Crippen LogP contribution in [0.1, 0.15) is 21.6 Å². The minimum Gasteiger partial charge on any atom is -0.379 e. The largest absolute Gasteiger partial charge is 0.379 e. The maximum atomic E-state index is 13.0. The monoisotopic (exact) mass is 424 g/mol. The van der Waals surface area contributed by atoms with Crippen LogP contribution in [-0.4, -0.2) is 51.6 Å². The van der Waals surface area contributed by atoms with Gasteiger partial charge >= 0.3 is 0 Å². The molecule has 2 aromatic heterocycles. The Morgan fingerprint density at radius 1 is 1.15 bits per heavy atom. The maximum Gasteiger partial charge on any atom is 0.214 e. The molecule has 0 aliphatic carbocycles. The molecule has 27 heavy (non-hydrogen) atoms. The quantitative estimate of drug-likeness (QED) is 0.596. The summed E-state index contributed by atoms with van der Waals surface area (Å²) in [7, 11) is 0. The number of halogens is 3. The van der Waals surface area contributed by atoms with E-state index in [0.29, 0.717) is 46.8 Å². The number of hydrogen-bond acceptors (Lipinski definition) is 5. The number of carbonyl (C=O) groups excluding carboxylic acids is 1. The molecule has 4 rings (SSSR count). The minimum absolute atomic E-state index is 0.276. The highest BCUT2D eigenvalue weighted by Gasteiger charge is 2.21. The molecular formula is C18H15Cl3N4O2. The molecular weight excluding hydrogens is 411 g/mol. The van der Waals surface area contributed by atoms with Crippen LogP contribution in [0.15, 0.2) is 30.5 Å². The minimum atomic E-state index is -0.295. The molecule has 1 saturated heterocycles. The van der Waals surface area contributed by atoms with Crippen LogP contribution in [-0.2, 0) is 11.3 Å². The zero-order valence-electron chi connectivity index (χ0n) is 14.2. The van der Waals surface area contributed by atoms with E-state index in [4.69, 9.17) is 39.5 Å². The van der Waals surface area contributed by atoms with Crippen molar-refractivity contribution in [3.05, 3.63) is 62.5 Å². The van der Waals surface area contributed by atoms with Crippen LogP contribution in [0.4, 0.5) is 0 Å². The van der Waals surface area contributed by atoms with E-state index in [-0.39, 0.29) is 10.8 Å². The van der Waals surface area contributed by atoms with E-state index < -0.39 is 0 Å². The number of aromatic nitrogens is 3. The zero-order chi connectivity index (χ0) is 19.0. The predicted molar refractivity (Wildman–Crippen MR) is 104 cm³/mol. The molecule has 3 heterocycles. The Balaban J connectivity index is 1.73. The van der Waals surface area contributed by atoms with Crippen molar-refractivity contribution in [3.63, 3.8) is 0 Å². The van der Waals surface area contributed by atoms with Crippen molar-refractivity contribution in [2.45, 2.75) is 6.54 Å². The number of carbonyl (C=O) groups is 1. The van der Waals surface area contributed by atoms with E-state index in [2.05, 4.69) is 15.0 Å². The molecule has 1 aromatic carbocycles. The molecule has 0 radical (unpaired) electrons. The summed E-state index contributed by atoms with van der Waals surface area (Å²) < 4.78 is 6.86. The second kappa shape index (κ2) is 7.73. The molecule has 0 saturated carbocycles. The topological polar surface area (TPSA) is 59.7 Å². The lowest BCUT2D eigenvalue weighted by Gasteiger charge is -2.26. The SMILES string of the molecule is O=C(c1ccc(Cl)cc1Cl)c1cnc2c(CN3CCOCC3)cc(Cl)nn12. The smallest absolute Gasteiger partial charge is 0.214 e. The normalized spacial score (nSPS) is 15.4. The van der Waals surface area contributed by atoms with Gasteiger partial charge in [0.05, 0.1) is 24.4 Å². The average molecular weight is 426 g/mol. The maximum absolute atomic E-state index is 13.0. The molecule has 0 unspecified atom stereocenters. The van der Waals surface area contributed by atoms with E-state index in [1.54, 1.807) is 18.2 Å². The Kier molecular flexibility index (Phi) is 5.34. The van der Waals surface area contributed by atoms with E-state index >= 15 is 0 Å². The van der Waals surface area contributed by atoms with Crippen molar-refractivity contribution in [2.75, 3.05) is 26.3 Å². The highest BCUT2D eigenvalue weighted by molar-refractivity contribution is 6.37. The standard InChI is InChI=1S/C18H15Cl3N4O2/c19-12-1-2-13(14(20)8-12)17(26)15-9-22-18-11(7-16(21)23-25(15)18)10-24-3-5-27-6-4-24/h1-2,7-9H,3-6,10H2. The van der Waals surface area contributed by atoms with Crippen molar-refractivity contribution < 1.29 is 9.53 Å². The first kappa shape index (κ1) is 18.7. The Labute approximate surface area is 170 Å². The number of benzene rings is 1. The first-order chi connectivity index (χ1) is 13.0. The lowest BCUT2D eigenvalue weighted by Crippen LogP contribution is -2.35. The Bertz CT molecular complexity index is 1020. The molecule has 9 heteroatoms. The van der Waals surface area contributed by atoms with E-state index in [0.717, 1.165) is 18.7 Å². The van der Waals surface area contributed by atoms with Crippen molar-refractivity contribution in [1.82, 2.24) is 19.5 Å². The van der Waals surface area contributed by atoms with Gasteiger partial charge in [-0.05, 0) is 24.3 Å². The van der Waals surface area contributed by atoms with Gasteiger partial charge in [-0.1, -0.05) is 34.8 Å². The van der Waals surface area contributed by atoms with Gasteiger partial charge in [0.1, 0.15) is 5.69 Å². The number of rotatable bonds is 4. The number of ether oxygens (including phenoxy) is 1. The van der Waals surface area contributed by atoms with Gasteiger partial charge in [0.2, 0.25) is 5.78 Å². The molecule has 6 nitrogen and oxygen atoms in total. The molecule has 1 fully saturated rings. The van der Waals surface area contributed by atoms with Crippen molar-refractivity contribution in [2.24, 2.45) is 0 Å². The first-order valence-electron chi connectivity index (χ1n) is 8.36. The summed E-state index contributed by atoms with van der Waals surface area (Å²) in [5.74, 6) is -0.295. The Hall–Kier alpha value is -1.70. The van der Waals surface area contributed by atoms with E-state index in [1.165, 1.54) is 16.8 Å². The highest BCUT2D eigenvalue weighted by atomic mass is 35.5. The lowest BCUT2D eigenvalue weighted by atomic mass is 10.1. The summed E-state index contributed by atoms with van der Waals surface area (Å²) in [5, 5.41) is 5.30. The summed E-state index contributed by atoms with van der Waals surface area (Å²) in [5.41, 5.74) is 2.12. The Morgan fingerprint density at radius 3 is 2.67 bits per heavy atom. The molecule has 0 spiro atoms. The van der Waals surface area contributed by atoms with Crippen molar-refractivity contribution in [1.29, 1.82) is 0 Å². The summed E-state index contributed by atoms with van der Waals surface area (Å²) in [4.78, 5) is 19.6. The van der Waals surface area contributed by atoms with Crippen LogP contribution in [0.25, 0.3) is 5.65 Å². The molecule has 0 atom stereocenters. The molecule has 0 bridgehead atoms. The van der Waals surface area contributed by atoms with Gasteiger partial charge in [0.15, 0.2) is 10.8 Å². The molecule has 140 valence electrons. The molecule has 1 aliphatic heterocycles. The summed E-state index contributed by atoms with van der Waals surface area (Å²) in [6.07, 6.45) is 1.49. The molecule has 0 amide bonds. The number of nitrogens with zero attached hydrogens (tertiary/aromatic N) is 4. The van der Waals surface area contributed by atoms with Gasteiger partial charge in [0.25, 0.3) is 0 Å². The van der Waals surface area contributed by atoms with Gasteiger partial charge in [0, 0.05) is 35.8 Å². The fourth-order valence-electron chi connectivity index (χ4n) is 3.08. The van der Waals surface area contributed by atoms with Gasteiger partial charge in [-0.15, -0.1) is 0 Å². The van der Waals surface area contributed by atoms with Gasteiger partial charge in [-0.25, -0.2) is 9.50 Å². The summed E-state index contributed by atoms with van der Waals surface area (Å²) >= 11 is 18.3. The second-order valence-electron chi connectivity index (χ2n) is 6.21. The molecule has 3 aromatic rings. The Morgan fingerprint density at radius 2 is 1.93 bits per heavy atom. The second-order valence-corrected chi connectivity index (χ2v) is 7.44. The van der Waals surface area contributed by atoms with E-state index in [1.807, 2.05) is 0 Å². The number of morpholine rings is 1. The van der Waals surface area contributed by atoms with Crippen molar-refractivity contribution in [3.8, 4) is 0 Å².